The van der Waals surface area contributed by atoms with Crippen LogP contribution in [-0.4, -0.2) is 17.2 Å². The van der Waals surface area contributed by atoms with Crippen LogP contribution in [0.4, 0.5) is 0 Å². The van der Waals surface area contributed by atoms with Gasteiger partial charge in [0.05, 0.1) is 10.7 Å². The van der Waals surface area contributed by atoms with Crippen molar-refractivity contribution in [3.8, 4) is 5.75 Å². The third-order valence-electron chi connectivity index (χ3n) is 2.93. The summed E-state index contributed by atoms with van der Waals surface area (Å²) in [7, 11) is 0. The molecule has 0 heterocycles. The van der Waals surface area contributed by atoms with Gasteiger partial charge in [-0.25, -0.2) is 5.43 Å². The number of rotatable bonds is 5. The van der Waals surface area contributed by atoms with Crippen molar-refractivity contribution < 1.29 is 9.90 Å². The Hall–Kier alpha value is -1.66. The summed E-state index contributed by atoms with van der Waals surface area (Å²) in [6.07, 6.45) is 2.43. The fourth-order valence-corrected chi connectivity index (χ4v) is 3.07. The molecule has 22 heavy (non-hydrogen) atoms. The first-order chi connectivity index (χ1) is 10.6. The van der Waals surface area contributed by atoms with E-state index in [1.807, 2.05) is 30.3 Å². The van der Waals surface area contributed by atoms with Gasteiger partial charge in [-0.05, 0) is 40.0 Å². The predicted molar refractivity (Wildman–Crippen MR) is 94.0 cm³/mol. The van der Waals surface area contributed by atoms with Gasteiger partial charge < -0.3 is 5.11 Å². The van der Waals surface area contributed by atoms with Crippen molar-refractivity contribution in [3.63, 3.8) is 0 Å². The molecule has 0 spiro atoms. The molecule has 0 aliphatic carbocycles. The number of nitrogens with zero attached hydrogens (tertiary/aromatic N) is 1. The fraction of sp³-hybridized carbons (Fsp3) is 0.125. The lowest BCUT2D eigenvalue weighted by molar-refractivity contribution is -0.121. The minimum absolute atomic E-state index is 0.0745. The monoisotopic (exact) mass is 424 g/mol. The molecule has 1 amide bonds. The minimum Gasteiger partial charge on any atom is -0.506 e. The summed E-state index contributed by atoms with van der Waals surface area (Å²) in [5.41, 5.74) is 4.07. The van der Waals surface area contributed by atoms with Crippen LogP contribution < -0.4 is 5.43 Å². The van der Waals surface area contributed by atoms with Gasteiger partial charge in [0.2, 0.25) is 5.91 Å². The lowest BCUT2D eigenvalue weighted by Crippen LogP contribution is -2.17. The van der Waals surface area contributed by atoms with E-state index in [1.54, 1.807) is 12.1 Å². The number of carbonyl (C=O) groups excluding carboxylic acids is 1. The molecule has 0 fully saturated rings. The first kappa shape index (κ1) is 16.7. The summed E-state index contributed by atoms with van der Waals surface area (Å²) in [5.74, 6) is -0.0980. The zero-order valence-corrected chi connectivity index (χ0v) is 14.8. The van der Waals surface area contributed by atoms with Gasteiger partial charge in [-0.1, -0.05) is 46.3 Å². The number of hydrogen-bond donors (Lipinski definition) is 2. The van der Waals surface area contributed by atoms with Gasteiger partial charge in [-0.15, -0.1) is 0 Å². The molecule has 6 heteroatoms. The minimum atomic E-state index is -0.173. The number of phenols is 1. The van der Waals surface area contributed by atoms with Crippen molar-refractivity contribution in [1.82, 2.24) is 5.43 Å². The third-order valence-corrected chi connectivity index (χ3v) is 4.00. The number of aromatic hydroxyl groups is 1. The van der Waals surface area contributed by atoms with Crippen LogP contribution in [0, 0.1) is 0 Å². The van der Waals surface area contributed by atoms with Crippen LogP contribution >= 0.6 is 31.9 Å². The Labute approximate surface area is 145 Å². The molecule has 2 aromatic rings. The molecule has 2 N–H and O–H groups in total. The summed E-state index contributed by atoms with van der Waals surface area (Å²) < 4.78 is 1.35. The Morgan fingerprint density at radius 1 is 1.23 bits per heavy atom. The Balaban J connectivity index is 1.88. The molecule has 0 bridgehead atoms. The second-order valence-corrected chi connectivity index (χ2v) is 6.37. The molecule has 0 aliphatic heterocycles. The van der Waals surface area contributed by atoms with Crippen LogP contribution in [0.3, 0.4) is 0 Å². The molecule has 0 aromatic heterocycles. The topological polar surface area (TPSA) is 61.7 Å². The lowest BCUT2D eigenvalue weighted by atomic mass is 10.1. The zero-order chi connectivity index (χ0) is 15.9. The highest BCUT2D eigenvalue weighted by atomic mass is 79.9. The standard InChI is InChI=1S/C16H14Br2N2O2/c17-13-8-12(16(22)14(18)9-13)10-19-20-15(21)7-6-11-4-2-1-3-5-11/h1-5,8-10,22H,6-7H2,(H,20,21)/b19-10-. The molecular weight excluding hydrogens is 412 g/mol. The first-order valence-corrected chi connectivity index (χ1v) is 8.18. The number of benzene rings is 2. The van der Waals surface area contributed by atoms with E-state index in [-0.39, 0.29) is 11.7 Å². The van der Waals surface area contributed by atoms with Crippen LogP contribution in [0.5, 0.6) is 5.75 Å². The molecule has 0 unspecified atom stereocenters. The van der Waals surface area contributed by atoms with Gasteiger partial charge in [0.1, 0.15) is 5.75 Å². The summed E-state index contributed by atoms with van der Waals surface area (Å²) in [6, 6.07) is 13.2. The highest BCUT2D eigenvalue weighted by Gasteiger charge is 2.05. The molecular formula is C16H14Br2N2O2. The van der Waals surface area contributed by atoms with E-state index in [2.05, 4.69) is 42.4 Å². The second kappa shape index (κ2) is 8.10. The van der Waals surface area contributed by atoms with Crippen molar-refractivity contribution in [2.24, 2.45) is 5.10 Å². The van der Waals surface area contributed by atoms with E-state index >= 15 is 0 Å². The van der Waals surface area contributed by atoms with E-state index in [4.69, 9.17) is 0 Å². The number of hydrazone groups is 1. The van der Waals surface area contributed by atoms with Gasteiger partial charge >= 0.3 is 0 Å². The molecule has 0 aliphatic rings. The average Bonchev–Trinajstić information content (AvgIpc) is 2.51. The van der Waals surface area contributed by atoms with Crippen molar-refractivity contribution in [2.45, 2.75) is 12.8 Å². The number of nitrogens with one attached hydrogen (secondary N) is 1. The molecule has 0 radical (unpaired) electrons. The Morgan fingerprint density at radius 3 is 2.68 bits per heavy atom. The van der Waals surface area contributed by atoms with Crippen LogP contribution in [0.2, 0.25) is 0 Å². The maximum absolute atomic E-state index is 11.7. The summed E-state index contributed by atoms with van der Waals surface area (Å²) in [5, 5.41) is 13.7. The zero-order valence-electron chi connectivity index (χ0n) is 11.6. The summed E-state index contributed by atoms with van der Waals surface area (Å²) in [4.78, 5) is 11.7. The SMILES string of the molecule is O=C(CCc1ccccc1)N/N=C\c1cc(Br)cc(Br)c1O. The molecule has 0 atom stereocenters. The van der Waals surface area contributed by atoms with Crippen molar-refractivity contribution >= 4 is 44.0 Å². The molecule has 114 valence electrons. The lowest BCUT2D eigenvalue weighted by Gasteiger charge is -2.03. The maximum Gasteiger partial charge on any atom is 0.240 e. The van der Waals surface area contributed by atoms with Crippen LogP contribution in [0.15, 0.2) is 56.5 Å². The quantitative estimate of drug-likeness (QED) is 0.561. The van der Waals surface area contributed by atoms with Gasteiger partial charge in [0, 0.05) is 16.5 Å². The van der Waals surface area contributed by atoms with Crippen LogP contribution in [0.25, 0.3) is 0 Å². The molecule has 4 nitrogen and oxygen atoms in total. The van der Waals surface area contributed by atoms with Crippen LogP contribution in [0.1, 0.15) is 17.5 Å². The van der Waals surface area contributed by atoms with E-state index in [9.17, 15) is 9.90 Å². The highest BCUT2D eigenvalue weighted by molar-refractivity contribution is 9.11. The number of amides is 1. The Bertz CT molecular complexity index is 688. The summed E-state index contributed by atoms with van der Waals surface area (Å²) in [6.45, 7) is 0. The first-order valence-electron chi connectivity index (χ1n) is 6.60. The van der Waals surface area contributed by atoms with Crippen molar-refractivity contribution in [2.75, 3.05) is 0 Å². The third kappa shape index (κ3) is 4.96. The maximum atomic E-state index is 11.7. The van der Waals surface area contributed by atoms with E-state index in [1.165, 1.54) is 6.21 Å². The number of phenolic OH excluding ortho intramolecular Hbond substituents is 1. The number of carbonyl (C=O) groups is 1. The fourth-order valence-electron chi connectivity index (χ4n) is 1.82. The van der Waals surface area contributed by atoms with E-state index < -0.39 is 0 Å². The van der Waals surface area contributed by atoms with Crippen molar-refractivity contribution in [1.29, 1.82) is 0 Å². The van der Waals surface area contributed by atoms with E-state index in [0.29, 0.717) is 22.9 Å². The second-order valence-electron chi connectivity index (χ2n) is 4.60. The smallest absolute Gasteiger partial charge is 0.240 e. The van der Waals surface area contributed by atoms with Gasteiger partial charge in [-0.3, -0.25) is 4.79 Å². The molecule has 0 saturated heterocycles. The van der Waals surface area contributed by atoms with Gasteiger partial charge in [0.25, 0.3) is 0 Å². The molecule has 0 saturated carbocycles. The van der Waals surface area contributed by atoms with Crippen molar-refractivity contribution in [3.05, 3.63) is 62.5 Å². The van der Waals surface area contributed by atoms with Gasteiger partial charge in [0.15, 0.2) is 0 Å². The highest BCUT2D eigenvalue weighted by Crippen LogP contribution is 2.30. The van der Waals surface area contributed by atoms with Gasteiger partial charge in [-0.2, -0.15) is 5.10 Å². The number of halogens is 2. The van der Waals surface area contributed by atoms with E-state index in [0.717, 1.165) is 10.0 Å². The average molecular weight is 426 g/mol. The predicted octanol–water partition coefficient (Wildman–Crippen LogP) is 4.00. The number of aryl methyl sites for hydroxylation is 1. The summed E-state index contributed by atoms with van der Waals surface area (Å²) >= 11 is 6.57. The Kier molecular flexibility index (Phi) is 6.15. The number of hydrogen-bond acceptors (Lipinski definition) is 3. The molecule has 2 rings (SSSR count). The molecule has 2 aromatic carbocycles. The largest absolute Gasteiger partial charge is 0.506 e. The van der Waals surface area contributed by atoms with Crippen LogP contribution in [-0.2, 0) is 11.2 Å². The normalized spacial score (nSPS) is 10.8. The Morgan fingerprint density at radius 2 is 1.95 bits per heavy atom.